The molecule has 0 bridgehead atoms. The molecule has 0 saturated heterocycles. The molecular formula is C17H25N2O4S-. The number of carbonyl (C=O) groups is 1. The van der Waals surface area contributed by atoms with Crippen LogP contribution in [0.5, 0.6) is 0 Å². The number of anilines is 1. The maximum Gasteiger partial charge on any atom is 0.307 e. The van der Waals surface area contributed by atoms with Gasteiger partial charge in [-0.15, -0.1) is 0 Å². The molecule has 0 radical (unpaired) electrons. The molecule has 1 aromatic carbocycles. The van der Waals surface area contributed by atoms with Crippen molar-refractivity contribution in [3.8, 4) is 0 Å². The van der Waals surface area contributed by atoms with Crippen LogP contribution in [0, 0.1) is 5.92 Å². The Bertz CT molecular complexity index is 574. The molecule has 0 aliphatic carbocycles. The van der Waals surface area contributed by atoms with Crippen LogP contribution in [0.25, 0.3) is 0 Å². The lowest BCUT2D eigenvalue weighted by Gasteiger charge is -2.36. The number of nitrogens with zero attached hydrogens (tertiary/aromatic N) is 1. The van der Waals surface area contributed by atoms with E-state index in [4.69, 9.17) is 10.5 Å². The maximum atomic E-state index is 11.9. The van der Waals surface area contributed by atoms with Gasteiger partial charge in [-0.25, -0.2) is 0 Å². The predicted octanol–water partition coefficient (Wildman–Crippen LogP) is 2.28. The van der Waals surface area contributed by atoms with Crippen molar-refractivity contribution in [2.75, 3.05) is 10.9 Å². The molecule has 0 heterocycles. The lowest BCUT2D eigenvalue weighted by atomic mass is 9.97. The second-order valence-electron chi connectivity index (χ2n) is 5.37. The zero-order valence-corrected chi connectivity index (χ0v) is 15.1. The first kappa shape index (κ1) is 20.3. The van der Waals surface area contributed by atoms with E-state index in [1.165, 1.54) is 4.31 Å². The third kappa shape index (κ3) is 5.74. The van der Waals surface area contributed by atoms with E-state index in [0.29, 0.717) is 12.2 Å². The first-order chi connectivity index (χ1) is 11.4. The molecule has 1 aromatic rings. The zero-order chi connectivity index (χ0) is 18.1. The van der Waals surface area contributed by atoms with Gasteiger partial charge in [-0.1, -0.05) is 31.2 Å². The van der Waals surface area contributed by atoms with E-state index in [0.717, 1.165) is 5.56 Å². The van der Waals surface area contributed by atoms with Crippen LogP contribution in [0.1, 0.15) is 32.8 Å². The van der Waals surface area contributed by atoms with E-state index in [-0.39, 0.29) is 18.9 Å². The van der Waals surface area contributed by atoms with Crippen molar-refractivity contribution < 1.29 is 18.3 Å². The summed E-state index contributed by atoms with van der Waals surface area (Å²) < 4.78 is 30.0. The van der Waals surface area contributed by atoms with Crippen LogP contribution in [0.3, 0.4) is 0 Å². The molecule has 0 fully saturated rings. The Labute approximate surface area is 146 Å². The third-order valence-corrected chi connectivity index (χ3v) is 4.48. The first-order valence-electron chi connectivity index (χ1n) is 7.90. The van der Waals surface area contributed by atoms with E-state index in [1.807, 2.05) is 26.0 Å². The fraction of sp³-hybridized carbons (Fsp3) is 0.471. The van der Waals surface area contributed by atoms with Gasteiger partial charge in [0.2, 0.25) is 0 Å². The van der Waals surface area contributed by atoms with Gasteiger partial charge in [-0.3, -0.25) is 13.3 Å². The lowest BCUT2D eigenvalue weighted by molar-refractivity contribution is -0.143. The summed E-state index contributed by atoms with van der Waals surface area (Å²) in [6, 6.07) is 6.37. The summed E-state index contributed by atoms with van der Waals surface area (Å²) in [4.78, 5) is 11.9. The molecule has 0 aliphatic heterocycles. The highest BCUT2D eigenvalue weighted by atomic mass is 32.2. The van der Waals surface area contributed by atoms with Crippen molar-refractivity contribution in [2.24, 2.45) is 11.7 Å². The second kappa shape index (κ2) is 10.2. The Kier molecular flexibility index (Phi) is 8.67. The number of rotatable bonds is 9. The zero-order valence-electron chi connectivity index (χ0n) is 14.3. The number of hydrogen-bond acceptors (Lipinski definition) is 5. The Hall–Kier alpha value is -1.70. The molecule has 0 aliphatic rings. The largest absolute Gasteiger partial charge is 0.755 e. The lowest BCUT2D eigenvalue weighted by Crippen LogP contribution is -2.42. The summed E-state index contributed by atoms with van der Waals surface area (Å²) in [5.41, 5.74) is 6.97. The van der Waals surface area contributed by atoms with Crippen molar-refractivity contribution in [2.45, 2.75) is 39.8 Å². The van der Waals surface area contributed by atoms with Gasteiger partial charge in [-0.05, 0) is 37.5 Å². The maximum absolute atomic E-state index is 11.9. The summed E-state index contributed by atoms with van der Waals surface area (Å²) in [5, 5.41) is 0. The van der Waals surface area contributed by atoms with Crippen molar-refractivity contribution in [3.05, 3.63) is 42.0 Å². The predicted molar refractivity (Wildman–Crippen MR) is 94.7 cm³/mol. The molecule has 0 aromatic heterocycles. The molecule has 3 unspecified atom stereocenters. The minimum absolute atomic E-state index is 0.0219. The van der Waals surface area contributed by atoms with Crippen LogP contribution in [0.4, 0.5) is 5.69 Å². The fourth-order valence-electron chi connectivity index (χ4n) is 2.47. The van der Waals surface area contributed by atoms with Crippen molar-refractivity contribution in [3.63, 3.8) is 0 Å². The number of ether oxygens (including phenoxy) is 1. The molecule has 0 saturated carbocycles. The molecule has 3 atom stereocenters. The van der Waals surface area contributed by atoms with E-state index in [1.54, 1.807) is 31.2 Å². The smallest absolute Gasteiger partial charge is 0.307 e. The summed E-state index contributed by atoms with van der Waals surface area (Å²) in [5.74, 6) is -0.584. The summed E-state index contributed by atoms with van der Waals surface area (Å²) >= 11 is -2.53. The van der Waals surface area contributed by atoms with Gasteiger partial charge in [0.1, 0.15) is 0 Å². The van der Waals surface area contributed by atoms with Crippen molar-refractivity contribution >= 4 is 22.9 Å². The highest BCUT2D eigenvalue weighted by Crippen LogP contribution is 2.26. The molecular weight excluding hydrogens is 328 g/mol. The van der Waals surface area contributed by atoms with E-state index < -0.39 is 23.3 Å². The van der Waals surface area contributed by atoms with Crippen LogP contribution in [0.15, 0.2) is 36.4 Å². The van der Waals surface area contributed by atoms with Gasteiger partial charge in [0, 0.05) is 23.5 Å². The Morgan fingerprint density at radius 3 is 2.50 bits per heavy atom. The van der Waals surface area contributed by atoms with E-state index in [2.05, 4.69) is 0 Å². The second-order valence-corrected chi connectivity index (χ2v) is 6.20. The molecule has 134 valence electrons. The SMILES string of the molecule is CC=CC(C)C(CC(=O)OCC)N(c1ccc(CN)cc1)S(=O)[O-]. The topological polar surface area (TPSA) is 95.7 Å². The number of nitrogens with two attached hydrogens (primary N) is 1. The van der Waals surface area contributed by atoms with Gasteiger partial charge in [-0.2, -0.15) is 0 Å². The summed E-state index contributed by atoms with van der Waals surface area (Å²) in [6.07, 6.45) is 3.69. The highest BCUT2D eigenvalue weighted by molar-refractivity contribution is 7.80. The molecule has 2 N–H and O–H groups in total. The minimum Gasteiger partial charge on any atom is -0.755 e. The average molecular weight is 353 g/mol. The van der Waals surface area contributed by atoms with Crippen molar-refractivity contribution in [1.82, 2.24) is 0 Å². The van der Waals surface area contributed by atoms with Crippen LogP contribution in [-0.2, 0) is 27.3 Å². The molecule has 6 nitrogen and oxygen atoms in total. The Morgan fingerprint density at radius 1 is 1.42 bits per heavy atom. The van der Waals surface area contributed by atoms with E-state index in [9.17, 15) is 13.6 Å². The standard InChI is InChI=1S/C17H26N2O4S/c1-4-6-13(3)16(11-17(20)23-5-2)19(24(21)22)15-9-7-14(12-18)8-10-15/h4,6-10,13,16H,5,11-12,18H2,1-3H3,(H,21,22)/p-1. The van der Waals surface area contributed by atoms with Crippen LogP contribution < -0.4 is 10.0 Å². The first-order valence-corrected chi connectivity index (χ1v) is 8.93. The number of hydrogen-bond donors (Lipinski definition) is 1. The number of carbonyl (C=O) groups excluding carboxylic acids is 1. The number of benzene rings is 1. The van der Waals surface area contributed by atoms with Crippen LogP contribution in [-0.4, -0.2) is 27.4 Å². The summed E-state index contributed by atoms with van der Waals surface area (Å²) in [7, 11) is 0. The van der Waals surface area contributed by atoms with Crippen LogP contribution in [0.2, 0.25) is 0 Å². The fourth-order valence-corrected chi connectivity index (χ4v) is 3.25. The molecule has 7 heteroatoms. The normalized spacial score (nSPS) is 15.0. The molecule has 1 rings (SSSR count). The third-order valence-electron chi connectivity index (χ3n) is 3.67. The number of allylic oxidation sites excluding steroid dienone is 1. The van der Waals surface area contributed by atoms with Gasteiger partial charge in [0.05, 0.1) is 19.1 Å². The Morgan fingerprint density at radius 2 is 2.04 bits per heavy atom. The molecule has 0 amide bonds. The van der Waals surface area contributed by atoms with Crippen LogP contribution >= 0.6 is 0 Å². The van der Waals surface area contributed by atoms with E-state index >= 15 is 0 Å². The molecule has 24 heavy (non-hydrogen) atoms. The summed E-state index contributed by atoms with van der Waals surface area (Å²) in [6.45, 7) is 6.08. The average Bonchev–Trinajstić information content (AvgIpc) is 2.55. The minimum atomic E-state index is -2.53. The molecule has 0 spiro atoms. The Balaban J connectivity index is 3.19. The van der Waals surface area contributed by atoms with Gasteiger partial charge in [0.25, 0.3) is 0 Å². The quantitative estimate of drug-likeness (QED) is 0.417. The van der Waals surface area contributed by atoms with Gasteiger partial charge < -0.3 is 15.0 Å². The number of esters is 1. The van der Waals surface area contributed by atoms with Crippen molar-refractivity contribution in [1.29, 1.82) is 0 Å². The highest BCUT2D eigenvalue weighted by Gasteiger charge is 2.27. The van der Waals surface area contributed by atoms with Gasteiger partial charge >= 0.3 is 5.97 Å². The monoisotopic (exact) mass is 353 g/mol. The van der Waals surface area contributed by atoms with Gasteiger partial charge in [0.15, 0.2) is 0 Å².